The molecule has 0 aromatic heterocycles. The minimum atomic E-state index is -0.200. The lowest BCUT2D eigenvalue weighted by molar-refractivity contribution is 1.26. The highest BCUT2D eigenvalue weighted by Gasteiger charge is 2.30. The van der Waals surface area contributed by atoms with E-state index >= 15 is 0 Å². The van der Waals surface area contributed by atoms with Crippen LogP contribution in [0.2, 0.25) is 0 Å². The van der Waals surface area contributed by atoms with Crippen LogP contribution in [0.3, 0.4) is 0 Å². The van der Waals surface area contributed by atoms with Crippen molar-refractivity contribution in [2.24, 2.45) is 0 Å². The molecule has 0 aliphatic carbocycles. The average molecular weight is 773 g/mol. The quantitative estimate of drug-likeness (QED) is 0.114. The first-order chi connectivity index (χ1) is 26.2. The van der Waals surface area contributed by atoms with Crippen molar-refractivity contribution in [1.82, 2.24) is 0 Å². The summed E-state index contributed by atoms with van der Waals surface area (Å²) in [6, 6.07) is 79.5. The SMILES string of the molecule is c1ccc(Sc2ccc([S+](c3ccccc3)c3ccc(Sc4ccc([S+](c5ccccc5)c5ccc(Sc6ccccc6)cc5)cc4)cc3)cc2)cc1. The van der Waals surface area contributed by atoms with E-state index in [2.05, 4.69) is 218 Å². The fourth-order valence-electron chi connectivity index (χ4n) is 5.89. The molecule has 0 amide bonds. The number of benzene rings is 8. The van der Waals surface area contributed by atoms with Crippen molar-refractivity contribution in [3.63, 3.8) is 0 Å². The van der Waals surface area contributed by atoms with E-state index in [1.807, 2.05) is 11.8 Å². The van der Waals surface area contributed by atoms with Crippen LogP contribution in [0.15, 0.2) is 277 Å². The molecule has 0 heterocycles. The van der Waals surface area contributed by atoms with Gasteiger partial charge in [-0.3, -0.25) is 0 Å². The minimum absolute atomic E-state index is 0.200. The molecular formula is C48H36S5+2. The van der Waals surface area contributed by atoms with Crippen molar-refractivity contribution in [2.75, 3.05) is 0 Å². The summed E-state index contributed by atoms with van der Waals surface area (Å²) in [5.74, 6) is 0. The smallest absolute Gasteiger partial charge is 0.0901 e. The predicted molar refractivity (Wildman–Crippen MR) is 228 cm³/mol. The van der Waals surface area contributed by atoms with Gasteiger partial charge in [0, 0.05) is 29.4 Å². The summed E-state index contributed by atoms with van der Waals surface area (Å²) in [4.78, 5) is 15.4. The van der Waals surface area contributed by atoms with Gasteiger partial charge in [-0.2, -0.15) is 0 Å². The second-order valence-corrected chi connectivity index (χ2v) is 19.6. The molecule has 0 aliphatic rings. The lowest BCUT2D eigenvalue weighted by Crippen LogP contribution is -2.04. The molecule has 256 valence electrons. The van der Waals surface area contributed by atoms with Gasteiger partial charge in [-0.25, -0.2) is 0 Å². The molecule has 0 spiro atoms. The van der Waals surface area contributed by atoms with Gasteiger partial charge in [0.1, 0.15) is 0 Å². The van der Waals surface area contributed by atoms with Gasteiger partial charge in [-0.05, 0) is 146 Å². The average Bonchev–Trinajstić information content (AvgIpc) is 3.22. The lowest BCUT2D eigenvalue weighted by Gasteiger charge is -2.10. The Morgan fingerprint density at radius 3 is 0.623 bits per heavy atom. The van der Waals surface area contributed by atoms with E-state index in [4.69, 9.17) is 0 Å². The molecule has 0 radical (unpaired) electrons. The molecular weight excluding hydrogens is 737 g/mol. The Morgan fingerprint density at radius 2 is 0.377 bits per heavy atom. The molecule has 8 rings (SSSR count). The van der Waals surface area contributed by atoms with Crippen LogP contribution < -0.4 is 0 Å². The Hall–Kier alpha value is -4.49. The monoisotopic (exact) mass is 772 g/mol. The molecule has 0 fully saturated rings. The summed E-state index contributed by atoms with van der Waals surface area (Å²) in [5.41, 5.74) is 0. The Balaban J connectivity index is 0.995. The topological polar surface area (TPSA) is 0 Å². The Morgan fingerprint density at radius 1 is 0.189 bits per heavy atom. The summed E-state index contributed by atoms with van der Waals surface area (Å²) < 4.78 is 0. The van der Waals surface area contributed by atoms with Gasteiger partial charge < -0.3 is 0 Å². The van der Waals surface area contributed by atoms with E-state index in [1.165, 1.54) is 58.7 Å². The normalized spacial score (nSPS) is 12.2. The Kier molecular flexibility index (Phi) is 11.8. The van der Waals surface area contributed by atoms with Crippen LogP contribution in [0, 0.1) is 0 Å². The van der Waals surface area contributed by atoms with Crippen molar-refractivity contribution in [1.29, 1.82) is 0 Å². The number of hydrogen-bond donors (Lipinski definition) is 0. The fourth-order valence-corrected chi connectivity index (χ4v) is 12.5. The van der Waals surface area contributed by atoms with E-state index in [0.29, 0.717) is 0 Å². The van der Waals surface area contributed by atoms with E-state index < -0.39 is 0 Å². The summed E-state index contributed by atoms with van der Waals surface area (Å²) in [5, 5.41) is 0. The van der Waals surface area contributed by atoms with Gasteiger partial charge in [0.2, 0.25) is 0 Å². The highest BCUT2D eigenvalue weighted by molar-refractivity contribution is 8.00. The van der Waals surface area contributed by atoms with E-state index in [1.54, 1.807) is 23.5 Å². The van der Waals surface area contributed by atoms with Crippen molar-refractivity contribution in [3.8, 4) is 0 Å². The summed E-state index contributed by atoms with van der Waals surface area (Å²) in [6.45, 7) is 0. The largest absolute Gasteiger partial charge is 0.166 e. The van der Waals surface area contributed by atoms with Crippen molar-refractivity contribution >= 4 is 57.1 Å². The molecule has 2 unspecified atom stereocenters. The molecule has 0 saturated carbocycles. The van der Waals surface area contributed by atoms with Crippen molar-refractivity contribution in [3.05, 3.63) is 218 Å². The second kappa shape index (κ2) is 17.6. The third-order valence-electron chi connectivity index (χ3n) is 8.39. The van der Waals surface area contributed by atoms with Crippen LogP contribution in [0.25, 0.3) is 0 Å². The molecule has 53 heavy (non-hydrogen) atoms. The third kappa shape index (κ3) is 9.18. The molecule has 0 saturated heterocycles. The van der Waals surface area contributed by atoms with Gasteiger partial charge in [-0.1, -0.05) is 108 Å². The van der Waals surface area contributed by atoms with E-state index in [-0.39, 0.29) is 21.8 Å². The van der Waals surface area contributed by atoms with E-state index in [0.717, 1.165) is 0 Å². The van der Waals surface area contributed by atoms with Crippen molar-refractivity contribution in [2.45, 2.75) is 58.7 Å². The van der Waals surface area contributed by atoms with Gasteiger partial charge >= 0.3 is 0 Å². The first-order valence-corrected chi connectivity index (χ1v) is 22.3. The standard InChI is InChI=1S/C48H36S5/c1-5-13-37(14-6-1)49-39-21-29-45(30-22-39)52(43-17-9-3-10-18-43)47-33-25-41(26-34-47)51-42-27-35-48(36-28-42)53(44-19-11-4-12-20-44)46-31-23-40(24-32-46)50-38-15-7-2-8-16-38/h1-36H/q+2. The van der Waals surface area contributed by atoms with Crippen LogP contribution in [0.4, 0.5) is 0 Å². The van der Waals surface area contributed by atoms with Crippen molar-refractivity contribution < 1.29 is 0 Å². The molecule has 8 aromatic rings. The van der Waals surface area contributed by atoms with E-state index in [9.17, 15) is 0 Å². The predicted octanol–water partition coefficient (Wildman–Crippen LogP) is 14.3. The van der Waals surface area contributed by atoms with Gasteiger partial charge in [0.25, 0.3) is 0 Å². The molecule has 0 N–H and O–H groups in total. The molecule has 0 nitrogen and oxygen atoms in total. The molecule has 0 bridgehead atoms. The zero-order valence-corrected chi connectivity index (χ0v) is 32.9. The van der Waals surface area contributed by atoms with Gasteiger partial charge in [0.05, 0.1) is 21.8 Å². The highest BCUT2D eigenvalue weighted by Crippen LogP contribution is 2.38. The number of hydrogen-bond acceptors (Lipinski definition) is 3. The van der Waals surface area contributed by atoms with Crippen LogP contribution in [-0.4, -0.2) is 0 Å². The summed E-state index contributed by atoms with van der Waals surface area (Å²) in [7, 11) is -0.400. The summed E-state index contributed by atoms with van der Waals surface area (Å²) in [6.07, 6.45) is 0. The minimum Gasteiger partial charge on any atom is -0.0901 e. The maximum atomic E-state index is 2.31. The zero-order valence-electron chi connectivity index (χ0n) is 28.8. The maximum Gasteiger partial charge on any atom is 0.166 e. The van der Waals surface area contributed by atoms with Crippen LogP contribution >= 0.6 is 35.3 Å². The number of rotatable bonds is 12. The zero-order chi connectivity index (χ0) is 35.7. The molecule has 0 aliphatic heterocycles. The molecule has 8 aromatic carbocycles. The van der Waals surface area contributed by atoms with Crippen LogP contribution in [0.1, 0.15) is 0 Å². The van der Waals surface area contributed by atoms with Crippen LogP contribution in [-0.2, 0) is 21.8 Å². The molecule has 5 heteroatoms. The lowest BCUT2D eigenvalue weighted by atomic mass is 10.3. The summed E-state index contributed by atoms with van der Waals surface area (Å²) >= 11 is 5.42. The molecule has 2 atom stereocenters. The first kappa shape index (κ1) is 35.5. The highest BCUT2D eigenvalue weighted by atomic mass is 32.2. The van der Waals surface area contributed by atoms with Gasteiger partial charge in [-0.15, -0.1) is 0 Å². The Bertz CT molecular complexity index is 2140. The second-order valence-electron chi connectivity index (χ2n) is 12.1. The van der Waals surface area contributed by atoms with Crippen LogP contribution in [0.5, 0.6) is 0 Å². The third-order valence-corrected chi connectivity index (χ3v) is 15.9. The fraction of sp³-hybridized carbons (Fsp3) is 0. The maximum absolute atomic E-state index is 2.31. The first-order valence-electron chi connectivity index (χ1n) is 17.4. The Labute approximate surface area is 331 Å². The van der Waals surface area contributed by atoms with Gasteiger partial charge in [0.15, 0.2) is 29.4 Å².